The van der Waals surface area contributed by atoms with Crippen LogP contribution in [0, 0.1) is 0 Å². The molecule has 0 radical (unpaired) electrons. The van der Waals surface area contributed by atoms with Crippen molar-refractivity contribution in [2.45, 2.75) is 38.5 Å². The fourth-order valence-corrected chi connectivity index (χ4v) is 4.96. The van der Waals surface area contributed by atoms with Crippen LogP contribution in [-0.4, -0.2) is 72.7 Å². The molecule has 2 heterocycles. The van der Waals surface area contributed by atoms with Gasteiger partial charge in [-0.2, -0.15) is 0 Å². The normalized spacial score (nSPS) is 15.9. The molecule has 0 saturated carbocycles. The molecule has 4 rings (SSSR count). The summed E-state index contributed by atoms with van der Waals surface area (Å²) in [5, 5.41) is 17.6. The molecule has 3 N–H and O–H groups in total. The summed E-state index contributed by atoms with van der Waals surface area (Å²) in [5.74, 6) is -0.128. The number of hydrogen-bond acceptors (Lipinski definition) is 5. The minimum Gasteiger partial charge on any atom is -0.389 e. The number of likely N-dealkylation sites (tertiary alicyclic amines) is 1. The van der Waals surface area contributed by atoms with E-state index < -0.39 is 12.8 Å². The number of anilines is 2. The van der Waals surface area contributed by atoms with Crippen LogP contribution in [0.5, 0.6) is 0 Å². The number of β-amino-alcohol motifs (C(OH)–C–C–N with tert-alkyl or cyclic N) is 1. The second-order valence-corrected chi connectivity index (χ2v) is 9.20. The van der Waals surface area contributed by atoms with Crippen molar-refractivity contribution in [2.24, 2.45) is 0 Å². The Bertz CT molecular complexity index is 1140. The molecule has 1 amide bonds. The van der Waals surface area contributed by atoms with Gasteiger partial charge in [-0.05, 0) is 43.2 Å². The summed E-state index contributed by atoms with van der Waals surface area (Å²) < 4.78 is 20.6. The molecule has 35 heavy (non-hydrogen) atoms. The largest absolute Gasteiger partial charge is 0.389 e. The Balaban J connectivity index is 1.56. The molecule has 1 atom stereocenters. The first-order valence-electron chi connectivity index (χ1n) is 12.2. The maximum Gasteiger partial charge on any atom is 0.221 e. The molecule has 8 heteroatoms. The van der Waals surface area contributed by atoms with Crippen molar-refractivity contribution < 1.29 is 19.0 Å². The van der Waals surface area contributed by atoms with Gasteiger partial charge in [-0.3, -0.25) is 4.79 Å². The van der Waals surface area contributed by atoms with E-state index in [1.54, 1.807) is 7.11 Å². The first-order valence-corrected chi connectivity index (χ1v) is 12.2. The number of nitrogens with one attached hydrogen (secondary N) is 2. The van der Waals surface area contributed by atoms with Gasteiger partial charge in [0.05, 0.1) is 24.8 Å². The average molecular weight is 483 g/mol. The van der Waals surface area contributed by atoms with Crippen LogP contribution < -0.4 is 10.6 Å². The van der Waals surface area contributed by atoms with Crippen molar-refractivity contribution in [3.05, 3.63) is 48.5 Å². The molecule has 3 aromatic rings. The molecule has 0 spiro atoms. The Morgan fingerprint density at radius 3 is 2.69 bits per heavy atom. The molecule has 2 aromatic carbocycles. The van der Waals surface area contributed by atoms with E-state index in [1.807, 2.05) is 41.0 Å². The Labute approximate surface area is 205 Å². The number of amides is 1. The molecule has 1 fully saturated rings. The number of aliphatic hydroxyl groups excluding tert-OH is 1. The van der Waals surface area contributed by atoms with Crippen molar-refractivity contribution in [1.29, 1.82) is 0 Å². The van der Waals surface area contributed by atoms with Gasteiger partial charge in [0.2, 0.25) is 5.91 Å². The van der Waals surface area contributed by atoms with Crippen LogP contribution in [0.4, 0.5) is 15.8 Å². The standard InChI is InChI=1S/C27H35FN4O3/c1-19(33)29-22-6-3-5-20(15-22)27-16-24-25(7-4-8-26(24)32(27)14-11-28)30-21-9-12-31(13-10-21)17-23(34)18-35-2/h3-8,15-16,21,23,30,34H,9-14,17-18H2,1-2H3,(H,29,33). The molecule has 0 bridgehead atoms. The van der Waals surface area contributed by atoms with E-state index in [9.17, 15) is 14.3 Å². The molecule has 1 aromatic heterocycles. The zero-order chi connectivity index (χ0) is 24.8. The number of halogens is 1. The average Bonchev–Trinajstić information content (AvgIpc) is 3.20. The first-order chi connectivity index (χ1) is 17.0. The van der Waals surface area contributed by atoms with Gasteiger partial charge >= 0.3 is 0 Å². The molecule has 1 unspecified atom stereocenters. The van der Waals surface area contributed by atoms with Gasteiger partial charge in [-0.25, -0.2) is 4.39 Å². The lowest BCUT2D eigenvalue weighted by atomic mass is 10.0. The number of carbonyl (C=O) groups is 1. The fraction of sp³-hybridized carbons (Fsp3) is 0.444. The summed E-state index contributed by atoms with van der Waals surface area (Å²) >= 11 is 0. The molecule has 0 aliphatic carbocycles. The number of rotatable bonds is 10. The summed E-state index contributed by atoms with van der Waals surface area (Å²) in [5.41, 5.74) is 4.58. The van der Waals surface area contributed by atoms with Crippen LogP contribution in [0.25, 0.3) is 22.2 Å². The smallest absolute Gasteiger partial charge is 0.221 e. The second kappa shape index (κ2) is 11.7. The van der Waals surface area contributed by atoms with Gasteiger partial charge in [0.25, 0.3) is 0 Å². The van der Waals surface area contributed by atoms with Crippen LogP contribution >= 0.6 is 0 Å². The first kappa shape index (κ1) is 25.2. The Hall–Kier alpha value is -2.94. The van der Waals surface area contributed by atoms with E-state index in [2.05, 4.69) is 27.7 Å². The Morgan fingerprint density at radius 2 is 1.97 bits per heavy atom. The van der Waals surface area contributed by atoms with Gasteiger partial charge < -0.3 is 29.9 Å². The predicted molar refractivity (Wildman–Crippen MR) is 139 cm³/mol. The molecule has 1 aliphatic heterocycles. The third-order valence-corrected chi connectivity index (χ3v) is 6.51. The number of hydrogen-bond donors (Lipinski definition) is 3. The molecule has 1 aliphatic rings. The van der Waals surface area contributed by atoms with Crippen molar-refractivity contribution >= 4 is 28.2 Å². The number of aliphatic hydroxyl groups is 1. The van der Waals surface area contributed by atoms with Crippen LogP contribution in [0.15, 0.2) is 48.5 Å². The number of fused-ring (bicyclic) bond motifs is 1. The zero-order valence-electron chi connectivity index (χ0n) is 20.5. The van der Waals surface area contributed by atoms with Crippen molar-refractivity contribution in [3.8, 4) is 11.3 Å². The van der Waals surface area contributed by atoms with E-state index >= 15 is 0 Å². The van der Waals surface area contributed by atoms with E-state index in [0.29, 0.717) is 24.9 Å². The Morgan fingerprint density at radius 1 is 1.20 bits per heavy atom. The lowest BCUT2D eigenvalue weighted by Gasteiger charge is -2.34. The number of methoxy groups -OCH3 is 1. The van der Waals surface area contributed by atoms with Crippen molar-refractivity contribution in [2.75, 3.05) is 50.7 Å². The Kier molecular flexibility index (Phi) is 8.38. The van der Waals surface area contributed by atoms with Crippen LogP contribution in [0.2, 0.25) is 0 Å². The molecular weight excluding hydrogens is 447 g/mol. The lowest BCUT2D eigenvalue weighted by molar-refractivity contribution is -0.114. The molecule has 7 nitrogen and oxygen atoms in total. The van der Waals surface area contributed by atoms with E-state index in [0.717, 1.165) is 53.8 Å². The fourth-order valence-electron chi connectivity index (χ4n) is 4.96. The number of carbonyl (C=O) groups excluding carboxylic acids is 1. The van der Waals surface area contributed by atoms with Gasteiger partial charge in [0.15, 0.2) is 0 Å². The highest BCUT2D eigenvalue weighted by Crippen LogP contribution is 2.34. The van der Waals surface area contributed by atoms with Crippen molar-refractivity contribution in [1.82, 2.24) is 9.47 Å². The predicted octanol–water partition coefficient (Wildman–Crippen LogP) is 4.12. The van der Waals surface area contributed by atoms with Crippen molar-refractivity contribution in [3.63, 3.8) is 0 Å². The van der Waals surface area contributed by atoms with Crippen LogP contribution in [0.1, 0.15) is 19.8 Å². The second-order valence-electron chi connectivity index (χ2n) is 9.20. The van der Waals surface area contributed by atoms with Crippen LogP contribution in [-0.2, 0) is 16.1 Å². The van der Waals surface area contributed by atoms with Gasteiger partial charge in [-0.15, -0.1) is 0 Å². The number of aryl methyl sites for hydroxylation is 1. The number of piperidine rings is 1. The summed E-state index contributed by atoms with van der Waals surface area (Å²) in [6.45, 7) is 4.09. The van der Waals surface area contributed by atoms with Gasteiger partial charge in [0.1, 0.15) is 6.67 Å². The quantitative estimate of drug-likeness (QED) is 0.405. The maximum absolute atomic E-state index is 13.6. The molecular formula is C27H35FN4O3. The highest BCUT2D eigenvalue weighted by molar-refractivity contribution is 5.97. The highest BCUT2D eigenvalue weighted by atomic mass is 19.1. The zero-order valence-corrected chi connectivity index (χ0v) is 20.5. The van der Waals surface area contributed by atoms with E-state index in [1.165, 1.54) is 6.92 Å². The number of alkyl halides is 1. The summed E-state index contributed by atoms with van der Waals surface area (Å²) in [6, 6.07) is 16.2. The SMILES string of the molecule is COCC(O)CN1CCC(Nc2cccc3c2cc(-c2cccc(NC(C)=O)c2)n3CCF)CC1. The molecule has 1 saturated heterocycles. The van der Waals surface area contributed by atoms with Crippen LogP contribution in [0.3, 0.4) is 0 Å². The van der Waals surface area contributed by atoms with E-state index in [4.69, 9.17) is 4.74 Å². The minimum absolute atomic E-state index is 0.128. The number of benzene rings is 2. The summed E-state index contributed by atoms with van der Waals surface area (Å²) in [4.78, 5) is 13.8. The third kappa shape index (κ3) is 6.20. The number of nitrogens with zero attached hydrogens (tertiary/aromatic N) is 2. The highest BCUT2D eigenvalue weighted by Gasteiger charge is 2.22. The number of ether oxygens (including phenoxy) is 1. The van der Waals surface area contributed by atoms with Gasteiger partial charge in [-0.1, -0.05) is 18.2 Å². The lowest BCUT2D eigenvalue weighted by Crippen LogP contribution is -2.43. The maximum atomic E-state index is 13.6. The minimum atomic E-state index is -0.465. The monoisotopic (exact) mass is 482 g/mol. The topological polar surface area (TPSA) is 78.8 Å². The van der Waals surface area contributed by atoms with E-state index in [-0.39, 0.29) is 12.5 Å². The summed E-state index contributed by atoms with van der Waals surface area (Å²) in [6.07, 6.45) is 1.50. The van der Waals surface area contributed by atoms with Gasteiger partial charge in [0, 0.05) is 67.7 Å². The summed E-state index contributed by atoms with van der Waals surface area (Å²) in [7, 11) is 1.60. The number of aromatic nitrogens is 1. The third-order valence-electron chi connectivity index (χ3n) is 6.51. The molecule has 188 valence electrons.